The van der Waals surface area contributed by atoms with Gasteiger partial charge in [0.2, 0.25) is 11.8 Å². The number of fused-ring (bicyclic) bond motifs is 1. The van der Waals surface area contributed by atoms with Gasteiger partial charge in [-0.3, -0.25) is 14.9 Å². The number of pyridine rings is 1. The van der Waals surface area contributed by atoms with Crippen molar-refractivity contribution in [3.8, 4) is 0 Å². The molecule has 0 spiro atoms. The maximum absolute atomic E-state index is 12.5. The molecule has 11 nitrogen and oxygen atoms in total. The third-order valence-corrected chi connectivity index (χ3v) is 5.85. The number of carbonyl (C=O) groups is 4. The van der Waals surface area contributed by atoms with Gasteiger partial charge in [0.1, 0.15) is 19.3 Å². The number of ether oxygens (including phenoxy) is 2. The fraction of sp³-hybridized carbons (Fsp3) is 0.276. The van der Waals surface area contributed by atoms with Crippen LogP contribution in [0.15, 0.2) is 67.3 Å². The van der Waals surface area contributed by atoms with Gasteiger partial charge in [0.15, 0.2) is 5.69 Å². The van der Waals surface area contributed by atoms with Gasteiger partial charge in [-0.15, -0.1) is 0 Å². The van der Waals surface area contributed by atoms with Crippen molar-refractivity contribution in [3.05, 3.63) is 78.5 Å². The van der Waals surface area contributed by atoms with E-state index < -0.39 is 36.0 Å². The van der Waals surface area contributed by atoms with Crippen LogP contribution in [0.2, 0.25) is 0 Å². The summed E-state index contributed by atoms with van der Waals surface area (Å²) in [6.07, 6.45) is 0.635. The number of aromatic nitrogens is 1. The molecule has 0 aliphatic heterocycles. The number of nitrogens with one attached hydrogen (secondary N) is 3. The standard InChI is InChI=1S/C29H33N5O6/c1-5-14-39-28(37)25-23(15-20-8-6-7-9-22(20)33-25)34-29(38)40-16-19-10-12-21(13-11-19)32-26(35)18(4)31-27(36)24(30)17(2)3/h5-13,15,17-18,24H,1,14,16,30H2,2-4H3,(H,31,36)(H,32,35)(H,34,38)/t18-,24-/m0/s1. The molecular weight excluding hydrogens is 514 g/mol. The third kappa shape index (κ3) is 8.11. The first-order valence-corrected chi connectivity index (χ1v) is 12.7. The normalized spacial score (nSPS) is 12.2. The van der Waals surface area contributed by atoms with Crippen molar-refractivity contribution >= 4 is 46.2 Å². The molecule has 0 aliphatic carbocycles. The summed E-state index contributed by atoms with van der Waals surface area (Å²) in [5, 5.41) is 8.59. The van der Waals surface area contributed by atoms with E-state index in [-0.39, 0.29) is 30.5 Å². The van der Waals surface area contributed by atoms with E-state index in [1.807, 2.05) is 19.9 Å². The van der Waals surface area contributed by atoms with Crippen LogP contribution in [0.1, 0.15) is 36.8 Å². The molecule has 0 bridgehead atoms. The zero-order valence-corrected chi connectivity index (χ0v) is 22.6. The van der Waals surface area contributed by atoms with E-state index in [0.717, 1.165) is 0 Å². The Morgan fingerprint density at radius 3 is 2.35 bits per heavy atom. The maximum atomic E-state index is 12.5. The Morgan fingerprint density at radius 1 is 0.975 bits per heavy atom. The van der Waals surface area contributed by atoms with Gasteiger partial charge in [-0.05, 0) is 42.7 Å². The number of amides is 3. The highest BCUT2D eigenvalue weighted by molar-refractivity contribution is 6.01. The minimum Gasteiger partial charge on any atom is -0.457 e. The second-order valence-electron chi connectivity index (χ2n) is 9.35. The van der Waals surface area contributed by atoms with Crippen molar-refractivity contribution in [2.75, 3.05) is 17.2 Å². The molecule has 11 heteroatoms. The summed E-state index contributed by atoms with van der Waals surface area (Å²) in [5.41, 5.74) is 7.62. The molecule has 5 N–H and O–H groups in total. The summed E-state index contributed by atoms with van der Waals surface area (Å²) in [6.45, 7) is 8.65. The lowest BCUT2D eigenvalue weighted by Gasteiger charge is -2.19. The van der Waals surface area contributed by atoms with Gasteiger partial charge < -0.3 is 25.8 Å². The van der Waals surface area contributed by atoms with Gasteiger partial charge in [-0.1, -0.05) is 56.8 Å². The minimum absolute atomic E-state index is 0.00642. The van der Waals surface area contributed by atoms with Crippen LogP contribution in [0.5, 0.6) is 0 Å². The van der Waals surface area contributed by atoms with E-state index in [4.69, 9.17) is 15.2 Å². The zero-order valence-electron chi connectivity index (χ0n) is 22.6. The van der Waals surface area contributed by atoms with Crippen molar-refractivity contribution in [2.45, 2.75) is 39.5 Å². The SMILES string of the molecule is C=CCOC(=O)c1nc2ccccc2cc1NC(=O)OCc1ccc(NC(=O)[C@H](C)NC(=O)[C@@H](N)C(C)C)cc1. The number of anilines is 2. The molecule has 0 saturated heterocycles. The first kappa shape index (κ1) is 29.8. The van der Waals surface area contributed by atoms with Crippen molar-refractivity contribution in [1.82, 2.24) is 10.3 Å². The monoisotopic (exact) mass is 547 g/mol. The van der Waals surface area contributed by atoms with Gasteiger partial charge in [0, 0.05) is 11.1 Å². The molecule has 40 heavy (non-hydrogen) atoms. The van der Waals surface area contributed by atoms with E-state index in [1.165, 1.54) is 6.08 Å². The fourth-order valence-corrected chi connectivity index (χ4v) is 3.48. The largest absolute Gasteiger partial charge is 0.457 e. The topological polar surface area (TPSA) is 162 Å². The number of hydrogen-bond acceptors (Lipinski definition) is 8. The molecule has 0 radical (unpaired) electrons. The fourth-order valence-electron chi connectivity index (χ4n) is 3.48. The van der Waals surface area contributed by atoms with Crippen molar-refractivity contribution in [3.63, 3.8) is 0 Å². The first-order valence-electron chi connectivity index (χ1n) is 12.7. The highest BCUT2D eigenvalue weighted by atomic mass is 16.5. The number of esters is 1. The highest BCUT2D eigenvalue weighted by Gasteiger charge is 2.22. The average molecular weight is 548 g/mol. The van der Waals surface area contributed by atoms with Crippen LogP contribution in [0.25, 0.3) is 10.9 Å². The lowest BCUT2D eigenvalue weighted by Crippen LogP contribution is -2.50. The Kier molecular flexibility index (Phi) is 10.3. The van der Waals surface area contributed by atoms with E-state index in [0.29, 0.717) is 22.2 Å². The third-order valence-electron chi connectivity index (χ3n) is 5.85. The molecule has 3 aromatic rings. The van der Waals surface area contributed by atoms with E-state index in [9.17, 15) is 19.2 Å². The molecule has 2 atom stereocenters. The average Bonchev–Trinajstić information content (AvgIpc) is 2.94. The summed E-state index contributed by atoms with van der Waals surface area (Å²) in [6, 6.07) is 13.9. The number of hydrogen-bond donors (Lipinski definition) is 4. The predicted octanol–water partition coefficient (Wildman–Crippen LogP) is 3.75. The molecule has 210 valence electrons. The second-order valence-corrected chi connectivity index (χ2v) is 9.35. The molecule has 0 unspecified atom stereocenters. The number of nitrogens with two attached hydrogens (primary N) is 1. The van der Waals surface area contributed by atoms with Crippen LogP contribution in [-0.2, 0) is 25.7 Å². The van der Waals surface area contributed by atoms with Gasteiger partial charge in [0.05, 0.1) is 17.2 Å². The van der Waals surface area contributed by atoms with E-state index >= 15 is 0 Å². The van der Waals surface area contributed by atoms with Crippen LogP contribution < -0.4 is 21.7 Å². The lowest BCUT2D eigenvalue weighted by atomic mass is 10.0. The van der Waals surface area contributed by atoms with Crippen molar-refractivity contribution in [1.29, 1.82) is 0 Å². The van der Waals surface area contributed by atoms with Gasteiger partial charge in [-0.25, -0.2) is 14.6 Å². The molecule has 3 rings (SSSR count). The highest BCUT2D eigenvalue weighted by Crippen LogP contribution is 2.22. The Balaban J connectivity index is 1.58. The molecular formula is C29H33N5O6. The van der Waals surface area contributed by atoms with Gasteiger partial charge >= 0.3 is 12.1 Å². The zero-order chi connectivity index (χ0) is 29.2. The summed E-state index contributed by atoms with van der Waals surface area (Å²) in [7, 11) is 0. The molecule has 1 heterocycles. The van der Waals surface area contributed by atoms with Crippen LogP contribution in [-0.4, -0.2) is 47.6 Å². The summed E-state index contributed by atoms with van der Waals surface area (Å²) >= 11 is 0. The Morgan fingerprint density at radius 2 is 1.68 bits per heavy atom. The number of carbonyl (C=O) groups excluding carboxylic acids is 4. The van der Waals surface area contributed by atoms with E-state index in [1.54, 1.807) is 55.5 Å². The van der Waals surface area contributed by atoms with Crippen LogP contribution >= 0.6 is 0 Å². The number of nitrogens with zero attached hydrogens (tertiary/aromatic N) is 1. The molecule has 0 fully saturated rings. The Hall–Kier alpha value is -4.77. The maximum Gasteiger partial charge on any atom is 0.412 e. The molecule has 0 aliphatic rings. The predicted molar refractivity (Wildman–Crippen MR) is 152 cm³/mol. The molecule has 2 aromatic carbocycles. The smallest absolute Gasteiger partial charge is 0.412 e. The molecule has 0 saturated carbocycles. The van der Waals surface area contributed by atoms with Crippen LogP contribution in [0.4, 0.5) is 16.2 Å². The first-order chi connectivity index (χ1) is 19.1. The quantitative estimate of drug-likeness (QED) is 0.208. The van der Waals surface area contributed by atoms with Crippen LogP contribution in [0.3, 0.4) is 0 Å². The van der Waals surface area contributed by atoms with Crippen LogP contribution in [0, 0.1) is 5.92 Å². The van der Waals surface area contributed by atoms with Crippen molar-refractivity contribution < 1.29 is 28.7 Å². The summed E-state index contributed by atoms with van der Waals surface area (Å²) in [4.78, 5) is 53.9. The molecule has 3 amide bonds. The number of benzene rings is 2. The van der Waals surface area contributed by atoms with Crippen molar-refractivity contribution in [2.24, 2.45) is 11.7 Å². The molecule has 1 aromatic heterocycles. The number of rotatable bonds is 11. The second kappa shape index (κ2) is 13.9. The minimum atomic E-state index is -0.795. The Bertz CT molecular complexity index is 1390. The van der Waals surface area contributed by atoms with E-state index in [2.05, 4.69) is 27.5 Å². The summed E-state index contributed by atoms with van der Waals surface area (Å²) in [5.74, 6) is -1.57. The number of para-hydroxylation sites is 1. The Labute approximate surface area is 232 Å². The van der Waals surface area contributed by atoms with Gasteiger partial charge in [-0.2, -0.15) is 0 Å². The lowest BCUT2D eigenvalue weighted by molar-refractivity contribution is -0.127. The van der Waals surface area contributed by atoms with Gasteiger partial charge in [0.25, 0.3) is 0 Å². The summed E-state index contributed by atoms with van der Waals surface area (Å²) < 4.78 is 10.4.